The fourth-order valence-electron chi connectivity index (χ4n) is 1.38. The van der Waals surface area contributed by atoms with Crippen molar-refractivity contribution in [3.8, 4) is 6.07 Å². The molecule has 1 N–H and O–H groups in total. The zero-order valence-electron chi connectivity index (χ0n) is 7.53. The maximum atomic E-state index is 11.3. The summed E-state index contributed by atoms with van der Waals surface area (Å²) in [6.07, 6.45) is 2.98. The van der Waals surface area contributed by atoms with Crippen molar-refractivity contribution in [2.45, 2.75) is 6.92 Å². The minimum absolute atomic E-state index is 0.227. The van der Waals surface area contributed by atoms with Gasteiger partial charge in [-0.15, -0.1) is 0 Å². The van der Waals surface area contributed by atoms with E-state index < -0.39 is 0 Å². The van der Waals surface area contributed by atoms with Gasteiger partial charge < -0.3 is 4.98 Å². The highest BCUT2D eigenvalue weighted by Crippen LogP contribution is 2.15. The van der Waals surface area contributed by atoms with Crippen molar-refractivity contribution < 1.29 is 0 Å². The number of aryl methyl sites for hydroxylation is 1. The fraction of sp³-hybridized carbons (Fsp3) is 0.100. The van der Waals surface area contributed by atoms with E-state index in [4.69, 9.17) is 5.26 Å². The van der Waals surface area contributed by atoms with E-state index in [9.17, 15) is 4.79 Å². The van der Waals surface area contributed by atoms with Gasteiger partial charge in [-0.25, -0.2) is 4.98 Å². The number of nitriles is 1. The molecule has 4 heteroatoms. The number of H-pyrrole nitrogens is 1. The third-order valence-corrected chi connectivity index (χ3v) is 2.19. The van der Waals surface area contributed by atoms with Crippen LogP contribution in [0, 0.1) is 18.3 Å². The predicted octanol–water partition coefficient (Wildman–Crippen LogP) is 1.10. The molecule has 0 bridgehead atoms. The Hall–Kier alpha value is -2.15. The molecule has 0 aliphatic heterocycles. The second kappa shape index (κ2) is 2.96. The van der Waals surface area contributed by atoms with Crippen LogP contribution in [0.3, 0.4) is 0 Å². The van der Waals surface area contributed by atoms with Crippen molar-refractivity contribution in [3.05, 3.63) is 39.9 Å². The predicted molar refractivity (Wildman–Crippen MR) is 51.8 cm³/mol. The second-order valence-electron chi connectivity index (χ2n) is 2.98. The minimum Gasteiger partial charge on any atom is -0.327 e. The Morgan fingerprint density at radius 2 is 2.36 bits per heavy atom. The van der Waals surface area contributed by atoms with Crippen LogP contribution >= 0.6 is 0 Å². The summed E-state index contributed by atoms with van der Waals surface area (Å²) in [5, 5.41) is 9.50. The zero-order valence-corrected chi connectivity index (χ0v) is 7.53. The number of hydrogen-bond acceptors (Lipinski definition) is 3. The average Bonchev–Trinajstić information content (AvgIpc) is 2.20. The van der Waals surface area contributed by atoms with E-state index >= 15 is 0 Å². The van der Waals surface area contributed by atoms with Gasteiger partial charge in [-0.2, -0.15) is 5.26 Å². The quantitative estimate of drug-likeness (QED) is 0.668. The first kappa shape index (κ1) is 8.45. The van der Waals surface area contributed by atoms with E-state index in [0.29, 0.717) is 11.1 Å². The van der Waals surface area contributed by atoms with Gasteiger partial charge in [0.25, 0.3) is 5.56 Å². The highest BCUT2D eigenvalue weighted by atomic mass is 16.1. The Bertz CT molecular complexity index is 592. The molecule has 2 heterocycles. The summed E-state index contributed by atoms with van der Waals surface area (Å²) in [5.74, 6) is 0. The molecule has 2 aromatic rings. The third-order valence-electron chi connectivity index (χ3n) is 2.19. The first-order valence-corrected chi connectivity index (χ1v) is 4.11. The molecule has 68 valence electrons. The van der Waals surface area contributed by atoms with Gasteiger partial charge in [0.1, 0.15) is 11.6 Å². The number of nitrogens with one attached hydrogen (secondary N) is 1. The third kappa shape index (κ3) is 1.07. The zero-order chi connectivity index (χ0) is 10.1. The first-order valence-electron chi connectivity index (χ1n) is 4.11. The number of fused-ring (bicyclic) bond motifs is 1. The largest absolute Gasteiger partial charge is 0.327 e. The second-order valence-corrected chi connectivity index (χ2v) is 2.98. The number of aromatic amines is 1. The van der Waals surface area contributed by atoms with Crippen LogP contribution in [0.2, 0.25) is 0 Å². The van der Waals surface area contributed by atoms with Gasteiger partial charge >= 0.3 is 0 Å². The molecule has 0 spiro atoms. The Kier molecular flexibility index (Phi) is 1.79. The van der Waals surface area contributed by atoms with Gasteiger partial charge in [-0.1, -0.05) is 0 Å². The van der Waals surface area contributed by atoms with Crippen LogP contribution in [-0.4, -0.2) is 9.97 Å². The van der Waals surface area contributed by atoms with Crippen molar-refractivity contribution >= 4 is 10.9 Å². The van der Waals surface area contributed by atoms with Crippen LogP contribution in [0.1, 0.15) is 11.1 Å². The topological polar surface area (TPSA) is 69.5 Å². The molecular weight excluding hydrogens is 178 g/mol. The van der Waals surface area contributed by atoms with Crippen LogP contribution < -0.4 is 5.56 Å². The van der Waals surface area contributed by atoms with Crippen LogP contribution in [0.25, 0.3) is 10.9 Å². The Morgan fingerprint density at radius 1 is 1.57 bits per heavy atom. The van der Waals surface area contributed by atoms with Crippen molar-refractivity contribution in [2.75, 3.05) is 0 Å². The summed E-state index contributed by atoms with van der Waals surface area (Å²) in [7, 11) is 0. The number of rotatable bonds is 0. The van der Waals surface area contributed by atoms with Gasteiger partial charge in [0.15, 0.2) is 0 Å². The lowest BCUT2D eigenvalue weighted by atomic mass is 10.1. The van der Waals surface area contributed by atoms with E-state index in [1.54, 1.807) is 12.3 Å². The summed E-state index contributed by atoms with van der Waals surface area (Å²) in [6, 6.07) is 3.78. The van der Waals surface area contributed by atoms with E-state index in [2.05, 4.69) is 9.97 Å². The molecule has 0 atom stereocenters. The van der Waals surface area contributed by atoms with E-state index in [1.807, 2.05) is 13.0 Å². The van der Waals surface area contributed by atoms with Crippen LogP contribution in [-0.2, 0) is 0 Å². The average molecular weight is 185 g/mol. The number of pyridine rings is 2. The van der Waals surface area contributed by atoms with Gasteiger partial charge in [-0.3, -0.25) is 4.79 Å². The van der Waals surface area contributed by atoms with Crippen molar-refractivity contribution in [2.24, 2.45) is 0 Å². The van der Waals surface area contributed by atoms with Crippen molar-refractivity contribution in [1.82, 2.24) is 9.97 Å². The normalized spacial score (nSPS) is 10.0. The number of nitrogens with zero attached hydrogens (tertiary/aromatic N) is 2. The number of hydrogen-bond donors (Lipinski definition) is 1. The maximum Gasteiger partial charge on any atom is 0.274 e. The lowest BCUT2D eigenvalue weighted by molar-refractivity contribution is 1.22. The number of aromatic nitrogens is 2. The lowest BCUT2D eigenvalue weighted by Gasteiger charge is -2.00. The highest BCUT2D eigenvalue weighted by Gasteiger charge is 2.05. The van der Waals surface area contributed by atoms with E-state index in [-0.39, 0.29) is 5.56 Å². The Balaban J connectivity index is 3.00. The molecule has 0 saturated carbocycles. The summed E-state index contributed by atoms with van der Waals surface area (Å²) in [4.78, 5) is 17.8. The van der Waals surface area contributed by atoms with Gasteiger partial charge in [0.2, 0.25) is 0 Å². The Morgan fingerprint density at radius 3 is 3.07 bits per heavy atom. The molecule has 0 unspecified atom stereocenters. The van der Waals surface area contributed by atoms with Crippen LogP contribution in [0.5, 0.6) is 0 Å². The maximum absolute atomic E-state index is 11.3. The molecule has 0 amide bonds. The molecule has 0 aliphatic carbocycles. The van der Waals surface area contributed by atoms with Gasteiger partial charge in [0.05, 0.1) is 5.56 Å². The highest BCUT2D eigenvalue weighted by molar-refractivity contribution is 5.82. The molecule has 2 aromatic heterocycles. The molecule has 0 aliphatic rings. The van der Waals surface area contributed by atoms with E-state index in [1.165, 1.54) is 6.20 Å². The molecule has 0 saturated heterocycles. The molecular formula is C10H7N3O. The summed E-state index contributed by atoms with van der Waals surface area (Å²) < 4.78 is 0. The van der Waals surface area contributed by atoms with Crippen molar-refractivity contribution in [3.63, 3.8) is 0 Å². The van der Waals surface area contributed by atoms with E-state index in [0.717, 1.165) is 10.9 Å². The molecule has 2 rings (SSSR count). The SMILES string of the molecule is Cc1c(C#N)cnc2c(=O)[nH]ccc12. The minimum atomic E-state index is -0.227. The standard InChI is InChI=1S/C10H7N3O/c1-6-7(4-11)5-13-9-8(6)2-3-12-10(9)14/h2-3,5H,1H3,(H,12,14). The molecule has 0 radical (unpaired) electrons. The van der Waals surface area contributed by atoms with Gasteiger partial charge in [-0.05, 0) is 18.6 Å². The summed E-state index contributed by atoms with van der Waals surface area (Å²) in [6.45, 7) is 1.81. The fourth-order valence-corrected chi connectivity index (χ4v) is 1.38. The molecule has 0 aromatic carbocycles. The first-order chi connectivity index (χ1) is 6.74. The summed E-state index contributed by atoms with van der Waals surface area (Å²) in [5.41, 5.74) is 1.45. The van der Waals surface area contributed by atoms with Gasteiger partial charge in [0, 0.05) is 17.8 Å². The lowest BCUT2D eigenvalue weighted by Crippen LogP contribution is -2.07. The smallest absolute Gasteiger partial charge is 0.274 e. The monoisotopic (exact) mass is 185 g/mol. The molecule has 14 heavy (non-hydrogen) atoms. The molecule has 0 fully saturated rings. The Labute approximate surface area is 79.8 Å². The van der Waals surface area contributed by atoms with Crippen LogP contribution in [0.15, 0.2) is 23.3 Å². The summed E-state index contributed by atoms with van der Waals surface area (Å²) >= 11 is 0. The van der Waals surface area contributed by atoms with Crippen molar-refractivity contribution in [1.29, 1.82) is 5.26 Å². The van der Waals surface area contributed by atoms with Crippen LogP contribution in [0.4, 0.5) is 0 Å². The molecule has 4 nitrogen and oxygen atoms in total.